The summed E-state index contributed by atoms with van der Waals surface area (Å²) in [5.41, 5.74) is 6.90. The Labute approximate surface area is 144 Å². The minimum absolute atomic E-state index is 0.00763. The number of likely N-dealkylation sites (tertiary alicyclic amines) is 1. The molecule has 0 unspecified atom stereocenters. The van der Waals surface area contributed by atoms with Crippen LogP contribution in [0.25, 0.3) is 0 Å². The van der Waals surface area contributed by atoms with Crippen molar-refractivity contribution in [3.05, 3.63) is 58.5 Å². The fraction of sp³-hybridized carbons (Fsp3) is 0.294. The van der Waals surface area contributed by atoms with Gasteiger partial charge in [-0.2, -0.15) is 0 Å². The van der Waals surface area contributed by atoms with Crippen LogP contribution in [0.5, 0.6) is 0 Å². The van der Waals surface area contributed by atoms with Gasteiger partial charge in [-0.25, -0.2) is 9.37 Å². The van der Waals surface area contributed by atoms with Crippen LogP contribution in [0.3, 0.4) is 0 Å². The number of nitrogens with two attached hydrogens (primary N) is 1. The van der Waals surface area contributed by atoms with Gasteiger partial charge >= 0.3 is 0 Å². The lowest BCUT2D eigenvalue weighted by molar-refractivity contribution is 0.0927. The molecule has 1 amide bonds. The molecular formula is C17H18ClFN4O. The molecule has 7 heteroatoms. The average molecular weight is 349 g/mol. The van der Waals surface area contributed by atoms with Gasteiger partial charge in [0.05, 0.1) is 22.7 Å². The molecule has 1 saturated heterocycles. The lowest BCUT2D eigenvalue weighted by atomic mass is 10.00. The van der Waals surface area contributed by atoms with E-state index in [0.717, 1.165) is 18.5 Å². The maximum Gasteiger partial charge on any atom is 0.253 e. The van der Waals surface area contributed by atoms with Crippen molar-refractivity contribution in [1.29, 1.82) is 0 Å². The molecule has 24 heavy (non-hydrogen) atoms. The molecule has 0 aliphatic carbocycles. The zero-order chi connectivity index (χ0) is 17.3. The third-order valence-corrected chi connectivity index (χ3v) is 4.61. The molecule has 0 bridgehead atoms. The molecule has 1 fully saturated rings. The Bertz CT molecular complexity index is 753. The first-order valence-corrected chi connectivity index (χ1v) is 8.01. The summed E-state index contributed by atoms with van der Waals surface area (Å²) in [7, 11) is 1.99. The Hall–Kier alpha value is -2.18. The molecular weight excluding hydrogens is 331 g/mol. The maximum absolute atomic E-state index is 13.2. The van der Waals surface area contributed by atoms with Crippen LogP contribution >= 0.6 is 11.6 Å². The third kappa shape index (κ3) is 3.34. The van der Waals surface area contributed by atoms with Crippen LogP contribution in [0, 0.1) is 5.82 Å². The molecule has 5 nitrogen and oxygen atoms in total. The zero-order valence-corrected chi connectivity index (χ0v) is 13.9. The first-order valence-electron chi connectivity index (χ1n) is 7.63. The summed E-state index contributed by atoms with van der Waals surface area (Å²) in [6.07, 6.45) is 2.21. The van der Waals surface area contributed by atoms with Gasteiger partial charge in [0.2, 0.25) is 0 Å². The molecule has 0 spiro atoms. The van der Waals surface area contributed by atoms with Gasteiger partial charge in [-0.05, 0) is 37.2 Å². The number of aromatic nitrogens is 1. The summed E-state index contributed by atoms with van der Waals surface area (Å²) in [6, 6.07) is 7.79. The second-order valence-corrected chi connectivity index (χ2v) is 6.34. The van der Waals surface area contributed by atoms with Crippen LogP contribution < -0.4 is 11.1 Å². The lowest BCUT2D eigenvalue weighted by Gasteiger charge is -2.26. The van der Waals surface area contributed by atoms with Gasteiger partial charge in [0.25, 0.3) is 5.91 Å². The van der Waals surface area contributed by atoms with E-state index in [1.165, 1.54) is 24.4 Å². The van der Waals surface area contributed by atoms with Crippen molar-refractivity contribution in [2.75, 3.05) is 19.3 Å². The summed E-state index contributed by atoms with van der Waals surface area (Å²) in [6.45, 7) is 0.841. The largest absolute Gasteiger partial charge is 0.382 e. The number of likely N-dealkylation sites (N-methyl/N-ethyl adjacent to an activating group) is 1. The number of nitrogens with zero attached hydrogens (tertiary/aromatic N) is 2. The van der Waals surface area contributed by atoms with Gasteiger partial charge < -0.3 is 11.1 Å². The smallest absolute Gasteiger partial charge is 0.253 e. The van der Waals surface area contributed by atoms with Crippen molar-refractivity contribution in [3.8, 4) is 0 Å². The Morgan fingerprint density at radius 1 is 1.42 bits per heavy atom. The number of rotatable bonds is 3. The number of pyridine rings is 1. The highest BCUT2D eigenvalue weighted by Gasteiger charge is 2.34. The highest BCUT2D eigenvalue weighted by atomic mass is 35.5. The molecule has 1 aromatic carbocycles. The molecule has 1 aliphatic rings. The van der Waals surface area contributed by atoms with E-state index in [1.807, 2.05) is 7.05 Å². The monoisotopic (exact) mass is 348 g/mol. The zero-order valence-electron chi connectivity index (χ0n) is 13.2. The van der Waals surface area contributed by atoms with E-state index in [4.69, 9.17) is 17.3 Å². The van der Waals surface area contributed by atoms with E-state index in [2.05, 4.69) is 15.2 Å². The molecule has 0 radical (unpaired) electrons. The number of carbonyl (C=O) groups excluding carboxylic acids is 1. The van der Waals surface area contributed by atoms with Crippen molar-refractivity contribution >= 4 is 23.3 Å². The number of halogens is 2. The number of hydrogen-bond acceptors (Lipinski definition) is 4. The van der Waals surface area contributed by atoms with Crippen LogP contribution in [-0.4, -0.2) is 35.4 Å². The van der Waals surface area contributed by atoms with Crippen LogP contribution in [0.1, 0.15) is 28.4 Å². The highest BCUT2D eigenvalue weighted by Crippen LogP contribution is 2.31. The summed E-state index contributed by atoms with van der Waals surface area (Å²) >= 11 is 5.93. The minimum atomic E-state index is -0.275. The number of nitrogen functional groups attached to an aromatic ring is 1. The fourth-order valence-electron chi connectivity index (χ4n) is 3.07. The normalized spacial score (nSPS) is 21.0. The van der Waals surface area contributed by atoms with E-state index in [-0.39, 0.29) is 34.6 Å². The van der Waals surface area contributed by atoms with E-state index in [9.17, 15) is 9.18 Å². The number of hydrogen-bond donors (Lipinski definition) is 2. The van der Waals surface area contributed by atoms with Gasteiger partial charge in [0.1, 0.15) is 11.6 Å². The fourth-order valence-corrected chi connectivity index (χ4v) is 3.24. The van der Waals surface area contributed by atoms with E-state index in [0.29, 0.717) is 5.56 Å². The van der Waals surface area contributed by atoms with Crippen LogP contribution in [0.2, 0.25) is 5.02 Å². The minimum Gasteiger partial charge on any atom is -0.382 e. The standard InChI is InChI=1S/C17H18ClFN4O/c1-23-7-6-14(15(23)10-2-4-12(19)5-3-10)22-17(24)11-8-13(18)16(20)21-9-11/h2-5,8-9,14-15H,6-7H2,1H3,(H2,20,21)(H,22,24)/t14-,15-/m1/s1. The topological polar surface area (TPSA) is 71.2 Å². The summed E-state index contributed by atoms with van der Waals surface area (Å²) in [5, 5.41) is 3.27. The summed E-state index contributed by atoms with van der Waals surface area (Å²) < 4.78 is 13.2. The predicted molar refractivity (Wildman–Crippen MR) is 91.3 cm³/mol. The number of carbonyl (C=O) groups is 1. The van der Waals surface area contributed by atoms with Crippen molar-refractivity contribution in [3.63, 3.8) is 0 Å². The summed E-state index contributed by atoms with van der Waals surface area (Å²) in [4.78, 5) is 18.5. The Balaban J connectivity index is 1.78. The van der Waals surface area contributed by atoms with Crippen molar-refractivity contribution in [2.45, 2.75) is 18.5 Å². The first kappa shape index (κ1) is 16.7. The highest BCUT2D eigenvalue weighted by molar-refractivity contribution is 6.33. The van der Waals surface area contributed by atoms with E-state index in [1.54, 1.807) is 12.1 Å². The second-order valence-electron chi connectivity index (χ2n) is 5.94. The van der Waals surface area contributed by atoms with Gasteiger partial charge in [0.15, 0.2) is 0 Å². The summed E-state index contributed by atoms with van der Waals surface area (Å²) in [5.74, 6) is -0.336. The average Bonchev–Trinajstić information content (AvgIpc) is 2.91. The number of anilines is 1. The third-order valence-electron chi connectivity index (χ3n) is 4.31. The molecule has 3 rings (SSSR count). The van der Waals surface area contributed by atoms with Gasteiger partial charge in [-0.3, -0.25) is 9.69 Å². The number of amides is 1. The Morgan fingerprint density at radius 2 is 2.12 bits per heavy atom. The molecule has 1 aliphatic heterocycles. The first-order chi connectivity index (χ1) is 11.5. The molecule has 126 valence electrons. The Kier molecular flexibility index (Phi) is 4.69. The van der Waals surface area contributed by atoms with Crippen molar-refractivity contribution in [1.82, 2.24) is 15.2 Å². The molecule has 3 N–H and O–H groups in total. The maximum atomic E-state index is 13.2. The predicted octanol–water partition coefficient (Wildman–Crippen LogP) is 2.63. The molecule has 1 aromatic heterocycles. The van der Waals surface area contributed by atoms with Gasteiger partial charge in [-0.15, -0.1) is 0 Å². The van der Waals surface area contributed by atoms with Crippen LogP contribution in [-0.2, 0) is 0 Å². The van der Waals surface area contributed by atoms with Gasteiger partial charge in [-0.1, -0.05) is 23.7 Å². The lowest BCUT2D eigenvalue weighted by Crippen LogP contribution is -2.39. The molecule has 2 aromatic rings. The van der Waals surface area contributed by atoms with E-state index < -0.39 is 0 Å². The van der Waals surface area contributed by atoms with Crippen LogP contribution in [0.4, 0.5) is 10.2 Å². The Morgan fingerprint density at radius 3 is 2.79 bits per heavy atom. The second kappa shape index (κ2) is 6.75. The number of benzene rings is 1. The quantitative estimate of drug-likeness (QED) is 0.894. The van der Waals surface area contributed by atoms with E-state index >= 15 is 0 Å². The van der Waals surface area contributed by atoms with Crippen molar-refractivity contribution in [2.24, 2.45) is 0 Å². The molecule has 2 atom stereocenters. The molecule has 2 heterocycles. The van der Waals surface area contributed by atoms with Gasteiger partial charge in [0, 0.05) is 12.7 Å². The molecule has 0 saturated carbocycles. The number of nitrogens with one attached hydrogen (secondary N) is 1. The SMILES string of the molecule is CN1CC[C@@H](NC(=O)c2cnc(N)c(Cl)c2)[C@H]1c1ccc(F)cc1. The van der Waals surface area contributed by atoms with Crippen LogP contribution in [0.15, 0.2) is 36.5 Å². The van der Waals surface area contributed by atoms with Crippen molar-refractivity contribution < 1.29 is 9.18 Å².